The van der Waals surface area contributed by atoms with Gasteiger partial charge in [0.05, 0.1) is 16.1 Å². The number of hydrazine groups is 1. The summed E-state index contributed by atoms with van der Waals surface area (Å²) in [7, 11) is -3.98. The van der Waals surface area contributed by atoms with Crippen LogP contribution in [-0.2, 0) is 16.2 Å². The van der Waals surface area contributed by atoms with Gasteiger partial charge in [0.1, 0.15) is 0 Å². The van der Waals surface area contributed by atoms with Crippen LogP contribution in [0.15, 0.2) is 114 Å². The lowest BCUT2D eigenvalue weighted by Gasteiger charge is -2.10. The van der Waals surface area contributed by atoms with Crippen LogP contribution in [-0.4, -0.2) is 29.1 Å². The quantitative estimate of drug-likeness (QED) is 0.215. The first-order valence-electron chi connectivity index (χ1n) is 12.0. The highest BCUT2D eigenvalue weighted by atomic mass is 32.2. The third-order valence-corrected chi connectivity index (χ3v) is 7.05. The molecule has 4 aromatic carbocycles. The van der Waals surface area contributed by atoms with E-state index in [4.69, 9.17) is 0 Å². The first-order chi connectivity index (χ1) is 19.6. The van der Waals surface area contributed by atoms with E-state index in [0.717, 1.165) is 12.1 Å². The van der Waals surface area contributed by atoms with E-state index in [-0.39, 0.29) is 27.9 Å². The lowest BCUT2D eigenvalue weighted by Crippen LogP contribution is -2.41. The number of alkyl halides is 3. The molecule has 208 valence electrons. The van der Waals surface area contributed by atoms with Gasteiger partial charge in [-0.2, -0.15) is 18.2 Å². The number of anilines is 2. The zero-order chi connectivity index (χ0) is 29.0. The van der Waals surface area contributed by atoms with Gasteiger partial charge in [-0.05, 0) is 48.5 Å². The Balaban J connectivity index is 1.40. The number of hydrogen-bond donors (Lipinski definition) is 3. The molecule has 0 unspecified atom stereocenters. The number of benzene rings is 4. The topological polar surface area (TPSA) is 118 Å². The van der Waals surface area contributed by atoms with E-state index in [9.17, 15) is 26.4 Å². The Morgan fingerprint density at radius 1 is 0.805 bits per heavy atom. The second-order valence-electron chi connectivity index (χ2n) is 8.66. The Labute approximate surface area is 232 Å². The summed E-state index contributed by atoms with van der Waals surface area (Å²) in [6, 6.07) is 27.2. The van der Waals surface area contributed by atoms with E-state index < -0.39 is 27.7 Å². The Bertz CT molecular complexity index is 1790. The van der Waals surface area contributed by atoms with E-state index in [1.54, 1.807) is 60.7 Å². The molecule has 41 heavy (non-hydrogen) atoms. The normalized spacial score (nSPS) is 11.7. The molecule has 0 fully saturated rings. The smallest absolute Gasteiger partial charge is 0.323 e. The van der Waals surface area contributed by atoms with Crippen molar-refractivity contribution in [2.75, 3.05) is 5.32 Å². The maximum absolute atomic E-state index is 13.4. The van der Waals surface area contributed by atoms with Crippen molar-refractivity contribution >= 4 is 27.6 Å². The lowest BCUT2D eigenvalue weighted by atomic mass is 10.2. The van der Waals surface area contributed by atoms with Crippen LogP contribution in [0.25, 0.3) is 17.1 Å². The molecule has 5 rings (SSSR count). The monoisotopic (exact) mass is 578 g/mol. The predicted molar refractivity (Wildman–Crippen MR) is 146 cm³/mol. The number of nitrogens with zero attached hydrogens (tertiary/aromatic N) is 3. The minimum absolute atomic E-state index is 0.0210. The number of carbonyl (C=O) groups excluding carboxylic acids is 1. The summed E-state index contributed by atoms with van der Waals surface area (Å²) in [4.78, 5) is 19.2. The maximum atomic E-state index is 13.4. The van der Waals surface area contributed by atoms with Gasteiger partial charge in [0.25, 0.3) is 15.9 Å². The molecule has 0 saturated heterocycles. The van der Waals surface area contributed by atoms with Crippen molar-refractivity contribution < 1.29 is 26.4 Å². The molecule has 1 aromatic heterocycles. The molecule has 0 aliphatic rings. The molecule has 13 heteroatoms. The van der Waals surface area contributed by atoms with Crippen molar-refractivity contribution in [2.45, 2.75) is 11.1 Å². The average molecular weight is 579 g/mol. The standard InChI is InChI=1S/C28H21F3N6O3S/c29-28(30,31)21-12-8-14-23(18-21)37-25(19-9-3-1-4-10-19)33-27(35-37)32-22-13-7-11-20(17-22)26(38)34-36-41(39,40)24-15-5-2-6-16-24/h1-18,36H,(H,32,35)(H,34,38). The SMILES string of the molecule is O=C(NNS(=O)(=O)c1ccccc1)c1cccc(Nc2nc(-c3ccccc3)n(-c3cccc(C(F)(F)F)c3)n2)c1. The largest absolute Gasteiger partial charge is 0.416 e. The van der Waals surface area contributed by atoms with Gasteiger partial charge in [-0.15, -0.1) is 9.93 Å². The number of nitrogens with one attached hydrogen (secondary N) is 3. The van der Waals surface area contributed by atoms with Crippen molar-refractivity contribution in [3.8, 4) is 17.1 Å². The van der Waals surface area contributed by atoms with Gasteiger partial charge in [0, 0.05) is 16.8 Å². The summed E-state index contributed by atoms with van der Waals surface area (Å²) < 4.78 is 66.2. The highest BCUT2D eigenvalue weighted by Gasteiger charge is 2.31. The van der Waals surface area contributed by atoms with Gasteiger partial charge < -0.3 is 5.32 Å². The Kier molecular flexibility index (Phi) is 7.55. The van der Waals surface area contributed by atoms with E-state index in [1.165, 1.54) is 41.1 Å². The Morgan fingerprint density at radius 2 is 1.49 bits per heavy atom. The lowest BCUT2D eigenvalue weighted by molar-refractivity contribution is -0.137. The van der Waals surface area contributed by atoms with Gasteiger partial charge >= 0.3 is 6.18 Å². The number of halogens is 3. The number of rotatable bonds is 8. The van der Waals surface area contributed by atoms with Gasteiger partial charge in [-0.1, -0.05) is 60.7 Å². The minimum Gasteiger partial charge on any atom is -0.323 e. The summed E-state index contributed by atoms with van der Waals surface area (Å²) >= 11 is 0. The van der Waals surface area contributed by atoms with E-state index in [2.05, 4.69) is 20.8 Å². The zero-order valence-electron chi connectivity index (χ0n) is 21.0. The van der Waals surface area contributed by atoms with Crippen LogP contribution < -0.4 is 15.6 Å². The van der Waals surface area contributed by atoms with E-state index >= 15 is 0 Å². The van der Waals surface area contributed by atoms with Crippen molar-refractivity contribution in [3.63, 3.8) is 0 Å². The Hall–Kier alpha value is -5.01. The molecular formula is C28H21F3N6O3S. The fourth-order valence-corrected chi connectivity index (χ4v) is 4.71. The van der Waals surface area contributed by atoms with Gasteiger partial charge in [-0.25, -0.2) is 13.1 Å². The molecule has 0 spiro atoms. The molecule has 3 N–H and O–H groups in total. The van der Waals surface area contributed by atoms with Crippen LogP contribution >= 0.6 is 0 Å². The third-order valence-electron chi connectivity index (χ3n) is 5.79. The molecule has 0 bridgehead atoms. The first-order valence-corrected chi connectivity index (χ1v) is 13.5. The molecule has 0 saturated carbocycles. The van der Waals surface area contributed by atoms with Crippen molar-refractivity contribution in [1.82, 2.24) is 25.0 Å². The summed E-state index contributed by atoms with van der Waals surface area (Å²) in [5.41, 5.74) is 2.60. The molecule has 9 nitrogen and oxygen atoms in total. The Morgan fingerprint density at radius 3 is 2.20 bits per heavy atom. The van der Waals surface area contributed by atoms with E-state index in [1.807, 2.05) is 4.83 Å². The van der Waals surface area contributed by atoms with Crippen molar-refractivity contribution in [3.05, 3.63) is 120 Å². The summed E-state index contributed by atoms with van der Waals surface area (Å²) in [6.45, 7) is 0. The molecule has 1 heterocycles. The number of carbonyl (C=O) groups is 1. The fraction of sp³-hybridized carbons (Fsp3) is 0.0357. The maximum Gasteiger partial charge on any atom is 0.416 e. The van der Waals surface area contributed by atoms with Gasteiger partial charge in [0.15, 0.2) is 5.82 Å². The molecule has 0 aliphatic heterocycles. The van der Waals surface area contributed by atoms with Crippen molar-refractivity contribution in [2.24, 2.45) is 0 Å². The molecule has 0 radical (unpaired) electrons. The molecule has 0 aliphatic carbocycles. The van der Waals surface area contributed by atoms with Crippen LogP contribution in [0.3, 0.4) is 0 Å². The minimum atomic E-state index is -4.54. The summed E-state index contributed by atoms with van der Waals surface area (Å²) in [5.74, 6) is -0.374. The summed E-state index contributed by atoms with van der Waals surface area (Å²) in [5, 5.41) is 7.35. The van der Waals surface area contributed by atoms with E-state index in [0.29, 0.717) is 11.3 Å². The van der Waals surface area contributed by atoms with Gasteiger partial charge in [0.2, 0.25) is 5.95 Å². The number of aromatic nitrogens is 3. The second kappa shape index (κ2) is 11.2. The van der Waals surface area contributed by atoms with Crippen LogP contribution in [0.5, 0.6) is 0 Å². The number of sulfonamides is 1. The summed E-state index contributed by atoms with van der Waals surface area (Å²) in [6.07, 6.45) is -4.54. The predicted octanol–water partition coefficient (Wildman–Crippen LogP) is 5.32. The number of hydrogen-bond acceptors (Lipinski definition) is 6. The van der Waals surface area contributed by atoms with Crippen LogP contribution in [0.1, 0.15) is 15.9 Å². The molecule has 0 atom stereocenters. The first kappa shape index (κ1) is 27.6. The third kappa shape index (κ3) is 6.42. The number of amides is 1. The zero-order valence-corrected chi connectivity index (χ0v) is 21.8. The molecular weight excluding hydrogens is 557 g/mol. The molecule has 5 aromatic rings. The second-order valence-corrected chi connectivity index (χ2v) is 10.3. The fourth-order valence-electron chi connectivity index (χ4n) is 3.84. The van der Waals surface area contributed by atoms with Crippen LogP contribution in [0.2, 0.25) is 0 Å². The highest BCUT2D eigenvalue weighted by molar-refractivity contribution is 7.89. The van der Waals surface area contributed by atoms with Crippen molar-refractivity contribution in [1.29, 1.82) is 0 Å². The average Bonchev–Trinajstić information content (AvgIpc) is 3.40. The molecule has 1 amide bonds. The van der Waals surface area contributed by atoms with Crippen LogP contribution in [0.4, 0.5) is 24.8 Å². The van der Waals surface area contributed by atoms with Gasteiger partial charge in [-0.3, -0.25) is 10.2 Å². The van der Waals surface area contributed by atoms with Crippen LogP contribution in [0, 0.1) is 0 Å². The highest BCUT2D eigenvalue weighted by Crippen LogP contribution is 2.32.